The summed E-state index contributed by atoms with van der Waals surface area (Å²) in [6.45, 7) is 4.14. The Morgan fingerprint density at radius 2 is 1.94 bits per heavy atom. The minimum absolute atomic E-state index is 0.139. The van der Waals surface area contributed by atoms with Crippen LogP contribution in [-0.2, 0) is 20.7 Å². The molecule has 9 nitrogen and oxygen atoms in total. The van der Waals surface area contributed by atoms with E-state index in [-0.39, 0.29) is 18.9 Å². The van der Waals surface area contributed by atoms with Gasteiger partial charge in [0.2, 0.25) is 0 Å². The van der Waals surface area contributed by atoms with Gasteiger partial charge in [-0.2, -0.15) is 10.1 Å². The molecule has 0 spiro atoms. The molecule has 0 fully saturated rings. The van der Waals surface area contributed by atoms with Crippen molar-refractivity contribution in [2.24, 2.45) is 0 Å². The third-order valence-electron chi connectivity index (χ3n) is 4.86. The van der Waals surface area contributed by atoms with Gasteiger partial charge in [0.25, 0.3) is 11.7 Å². The van der Waals surface area contributed by atoms with Gasteiger partial charge < -0.3 is 14.4 Å². The Morgan fingerprint density at radius 1 is 1.19 bits per heavy atom. The van der Waals surface area contributed by atoms with Crippen molar-refractivity contribution in [1.29, 1.82) is 0 Å². The molecule has 0 aliphatic heterocycles. The molecule has 31 heavy (non-hydrogen) atoms. The number of amides is 1. The van der Waals surface area contributed by atoms with Gasteiger partial charge in [0.05, 0.1) is 6.54 Å². The Balaban J connectivity index is 1.40. The van der Waals surface area contributed by atoms with E-state index in [4.69, 9.17) is 21.1 Å². The lowest BCUT2D eigenvalue weighted by Gasteiger charge is -2.17. The van der Waals surface area contributed by atoms with Gasteiger partial charge in [-0.3, -0.25) is 9.59 Å². The van der Waals surface area contributed by atoms with Gasteiger partial charge in [-0.25, -0.2) is 9.50 Å². The highest BCUT2D eigenvalue weighted by molar-refractivity contribution is 6.30. The van der Waals surface area contributed by atoms with E-state index < -0.39 is 5.97 Å². The van der Waals surface area contributed by atoms with Crippen molar-refractivity contribution < 1.29 is 19.1 Å². The largest absolute Gasteiger partial charge is 0.492 e. The van der Waals surface area contributed by atoms with Gasteiger partial charge in [-0.1, -0.05) is 11.6 Å². The molecule has 0 atom stereocenters. The smallest absolute Gasteiger partial charge is 0.306 e. The fourth-order valence-corrected chi connectivity index (χ4v) is 3.15. The van der Waals surface area contributed by atoms with E-state index in [2.05, 4.69) is 15.1 Å². The Hall–Kier alpha value is -3.20. The molecule has 1 amide bonds. The van der Waals surface area contributed by atoms with Crippen LogP contribution in [0.4, 0.5) is 0 Å². The first-order chi connectivity index (χ1) is 14.8. The minimum atomic E-state index is -0.448. The molecule has 0 bridgehead atoms. The highest BCUT2D eigenvalue weighted by Crippen LogP contribution is 2.16. The SMILES string of the molecule is Cc1nc2ncnn2c(C)c1CCC(=O)OCC(=O)N(C)CCOc1ccc(Cl)cc1. The van der Waals surface area contributed by atoms with Crippen LogP contribution in [0.15, 0.2) is 30.6 Å². The van der Waals surface area contributed by atoms with E-state index in [1.807, 2.05) is 13.8 Å². The van der Waals surface area contributed by atoms with E-state index in [1.54, 1.807) is 35.8 Å². The second-order valence-electron chi connectivity index (χ2n) is 7.01. The van der Waals surface area contributed by atoms with Crippen LogP contribution >= 0.6 is 11.6 Å². The van der Waals surface area contributed by atoms with Crippen molar-refractivity contribution in [2.75, 3.05) is 26.8 Å². The summed E-state index contributed by atoms with van der Waals surface area (Å²) in [6, 6.07) is 6.97. The first kappa shape index (κ1) is 22.5. The molecule has 0 N–H and O–H groups in total. The highest BCUT2D eigenvalue weighted by atomic mass is 35.5. The first-order valence-corrected chi connectivity index (χ1v) is 10.2. The Morgan fingerprint density at radius 3 is 2.68 bits per heavy atom. The summed E-state index contributed by atoms with van der Waals surface area (Å²) >= 11 is 5.83. The van der Waals surface area contributed by atoms with Gasteiger partial charge in [0.1, 0.15) is 18.7 Å². The zero-order valence-corrected chi connectivity index (χ0v) is 18.4. The third-order valence-corrected chi connectivity index (χ3v) is 5.11. The number of carbonyl (C=O) groups is 2. The number of halogens is 1. The number of fused-ring (bicyclic) bond motifs is 1. The number of esters is 1. The maximum absolute atomic E-state index is 12.2. The van der Waals surface area contributed by atoms with Gasteiger partial charge in [0, 0.05) is 29.9 Å². The topological polar surface area (TPSA) is 98.9 Å². The van der Waals surface area contributed by atoms with Crippen LogP contribution < -0.4 is 4.74 Å². The predicted octanol–water partition coefficient (Wildman–Crippen LogP) is 2.41. The van der Waals surface area contributed by atoms with Gasteiger partial charge >= 0.3 is 5.97 Å². The monoisotopic (exact) mass is 445 g/mol. The minimum Gasteiger partial charge on any atom is -0.492 e. The van der Waals surface area contributed by atoms with Crippen LogP contribution in [0.5, 0.6) is 5.75 Å². The molecular weight excluding hydrogens is 422 g/mol. The van der Waals surface area contributed by atoms with Crippen LogP contribution in [0.25, 0.3) is 5.78 Å². The molecule has 0 saturated heterocycles. The van der Waals surface area contributed by atoms with Gasteiger partial charge in [0.15, 0.2) is 6.61 Å². The number of hydrogen-bond donors (Lipinski definition) is 0. The summed E-state index contributed by atoms with van der Waals surface area (Å²) < 4.78 is 12.3. The van der Waals surface area contributed by atoms with Gasteiger partial charge in [-0.15, -0.1) is 0 Å². The number of ether oxygens (including phenoxy) is 2. The molecule has 1 aromatic carbocycles. The summed E-state index contributed by atoms with van der Waals surface area (Å²) in [7, 11) is 1.63. The lowest BCUT2D eigenvalue weighted by Crippen LogP contribution is -2.34. The number of hydrogen-bond acceptors (Lipinski definition) is 7. The predicted molar refractivity (Wildman–Crippen MR) is 114 cm³/mol. The molecule has 3 aromatic rings. The lowest BCUT2D eigenvalue weighted by molar-refractivity contribution is -0.151. The maximum atomic E-state index is 12.2. The molecule has 0 unspecified atom stereocenters. The van der Waals surface area contributed by atoms with E-state index in [1.165, 1.54) is 11.2 Å². The average Bonchev–Trinajstić information content (AvgIpc) is 3.21. The van der Waals surface area contributed by atoms with Crippen LogP contribution in [0.2, 0.25) is 5.02 Å². The Bertz CT molecular complexity index is 1070. The number of nitrogens with zero attached hydrogens (tertiary/aromatic N) is 5. The van der Waals surface area contributed by atoms with Crippen molar-refractivity contribution in [3.05, 3.63) is 52.6 Å². The lowest BCUT2D eigenvalue weighted by atomic mass is 10.1. The van der Waals surface area contributed by atoms with Crippen molar-refractivity contribution in [3.63, 3.8) is 0 Å². The number of likely N-dealkylation sites (N-methyl/N-ethyl adjacent to an activating group) is 1. The maximum Gasteiger partial charge on any atom is 0.306 e. The molecule has 3 rings (SSSR count). The third kappa shape index (κ3) is 5.91. The van der Waals surface area contributed by atoms with E-state index >= 15 is 0 Å². The summed E-state index contributed by atoms with van der Waals surface area (Å²) in [5.74, 6) is 0.443. The zero-order chi connectivity index (χ0) is 22.4. The Labute approximate surface area is 184 Å². The molecule has 0 saturated carbocycles. The van der Waals surface area contributed by atoms with Crippen LogP contribution in [0, 0.1) is 13.8 Å². The van der Waals surface area contributed by atoms with Gasteiger partial charge in [-0.05, 0) is 50.1 Å². The molecule has 10 heteroatoms. The number of rotatable bonds is 9. The quantitative estimate of drug-likeness (QED) is 0.466. The molecular formula is C21H24ClN5O4. The normalized spacial score (nSPS) is 10.8. The fourth-order valence-electron chi connectivity index (χ4n) is 3.02. The highest BCUT2D eigenvalue weighted by Gasteiger charge is 2.15. The molecule has 0 radical (unpaired) electrons. The van der Waals surface area contributed by atoms with Crippen LogP contribution in [0.1, 0.15) is 23.4 Å². The molecule has 0 aliphatic carbocycles. The second kappa shape index (κ2) is 10.2. The van der Waals surface area contributed by atoms with E-state index in [0.717, 1.165) is 17.0 Å². The van der Waals surface area contributed by atoms with Crippen LogP contribution in [0.3, 0.4) is 0 Å². The number of aryl methyl sites for hydroxylation is 2. The molecule has 2 heterocycles. The number of carbonyl (C=O) groups excluding carboxylic acids is 2. The molecule has 0 aliphatic rings. The van der Waals surface area contributed by atoms with E-state index in [9.17, 15) is 9.59 Å². The van der Waals surface area contributed by atoms with Crippen molar-refractivity contribution >= 4 is 29.3 Å². The van der Waals surface area contributed by atoms with E-state index in [0.29, 0.717) is 36.1 Å². The zero-order valence-electron chi connectivity index (χ0n) is 17.7. The fraction of sp³-hybridized carbons (Fsp3) is 0.381. The molecule has 164 valence electrons. The Kier molecular flexibility index (Phi) is 7.41. The second-order valence-corrected chi connectivity index (χ2v) is 7.45. The standard InChI is InChI=1S/C21H24ClN5O4/c1-14-18(15(2)27-21(25-14)23-13-24-27)8-9-20(29)31-12-19(28)26(3)10-11-30-17-6-4-16(22)5-7-17/h4-7,13H,8-12H2,1-3H3. The summed E-state index contributed by atoms with van der Waals surface area (Å²) in [5.41, 5.74) is 2.59. The summed E-state index contributed by atoms with van der Waals surface area (Å²) in [4.78, 5) is 34.2. The van der Waals surface area contributed by atoms with Crippen molar-refractivity contribution in [3.8, 4) is 5.75 Å². The summed E-state index contributed by atoms with van der Waals surface area (Å²) in [5, 5.41) is 4.76. The molecule has 2 aromatic heterocycles. The number of benzene rings is 1. The van der Waals surface area contributed by atoms with Crippen LogP contribution in [-0.4, -0.2) is 63.2 Å². The van der Waals surface area contributed by atoms with Crippen molar-refractivity contribution in [2.45, 2.75) is 26.7 Å². The summed E-state index contributed by atoms with van der Waals surface area (Å²) in [6.07, 6.45) is 2.02. The number of aromatic nitrogens is 4. The first-order valence-electron chi connectivity index (χ1n) is 9.79. The van der Waals surface area contributed by atoms with Crippen molar-refractivity contribution in [1.82, 2.24) is 24.5 Å². The average molecular weight is 446 g/mol.